The fourth-order valence-electron chi connectivity index (χ4n) is 2.25. The third-order valence-corrected chi connectivity index (χ3v) is 3.50. The first-order valence-corrected chi connectivity index (χ1v) is 6.91. The number of nitrogens with zero attached hydrogens (tertiary/aromatic N) is 2. The fraction of sp³-hybridized carbons (Fsp3) is 0.467. The summed E-state index contributed by atoms with van der Waals surface area (Å²) in [5, 5.41) is 2.68. The molecule has 0 unspecified atom stereocenters. The van der Waals surface area contributed by atoms with Gasteiger partial charge in [0.15, 0.2) is 0 Å². The number of benzene rings is 1. The van der Waals surface area contributed by atoms with Gasteiger partial charge >= 0.3 is 0 Å². The Morgan fingerprint density at radius 2 is 1.75 bits per heavy atom. The van der Waals surface area contributed by atoms with Crippen molar-refractivity contribution >= 4 is 17.5 Å². The number of amides is 2. The topological polar surface area (TPSA) is 52.7 Å². The SMILES string of the molecule is CN(C)c1ccc(C(=O)NCC(=O)N2CCCC2)cc1. The largest absolute Gasteiger partial charge is 0.378 e. The molecule has 1 aliphatic rings. The Hall–Kier alpha value is -2.04. The summed E-state index contributed by atoms with van der Waals surface area (Å²) < 4.78 is 0. The van der Waals surface area contributed by atoms with Crippen molar-refractivity contribution in [2.75, 3.05) is 38.6 Å². The molecule has 1 heterocycles. The third kappa shape index (κ3) is 3.50. The maximum absolute atomic E-state index is 11.9. The van der Waals surface area contributed by atoms with Crippen LogP contribution in [0.2, 0.25) is 0 Å². The molecule has 1 aromatic carbocycles. The summed E-state index contributed by atoms with van der Waals surface area (Å²) in [5.74, 6) is -0.205. The van der Waals surface area contributed by atoms with Gasteiger partial charge in [0.05, 0.1) is 6.54 Å². The molecule has 1 N–H and O–H groups in total. The first-order chi connectivity index (χ1) is 9.58. The zero-order valence-electron chi connectivity index (χ0n) is 12.1. The predicted molar refractivity (Wildman–Crippen MR) is 78.9 cm³/mol. The highest BCUT2D eigenvalue weighted by Crippen LogP contribution is 2.12. The van der Waals surface area contributed by atoms with Gasteiger partial charge in [0.25, 0.3) is 5.91 Å². The van der Waals surface area contributed by atoms with E-state index < -0.39 is 0 Å². The summed E-state index contributed by atoms with van der Waals surface area (Å²) in [7, 11) is 3.90. The van der Waals surface area contributed by atoms with Crippen LogP contribution in [0.25, 0.3) is 0 Å². The number of nitrogens with one attached hydrogen (secondary N) is 1. The molecule has 0 atom stereocenters. The molecule has 1 aliphatic heterocycles. The van der Waals surface area contributed by atoms with Crippen molar-refractivity contribution in [2.24, 2.45) is 0 Å². The van der Waals surface area contributed by atoms with E-state index in [4.69, 9.17) is 0 Å². The van der Waals surface area contributed by atoms with Gasteiger partial charge < -0.3 is 15.1 Å². The lowest BCUT2D eigenvalue weighted by Gasteiger charge is -2.16. The number of carbonyl (C=O) groups excluding carboxylic acids is 2. The van der Waals surface area contributed by atoms with E-state index in [9.17, 15) is 9.59 Å². The van der Waals surface area contributed by atoms with Crippen LogP contribution in [0.5, 0.6) is 0 Å². The maximum atomic E-state index is 11.9. The minimum absolute atomic E-state index is 0.000705. The molecule has 0 spiro atoms. The number of hydrogen-bond acceptors (Lipinski definition) is 3. The van der Waals surface area contributed by atoms with Crippen LogP contribution in [0, 0.1) is 0 Å². The Balaban J connectivity index is 1.86. The van der Waals surface area contributed by atoms with E-state index in [1.54, 1.807) is 17.0 Å². The third-order valence-electron chi connectivity index (χ3n) is 3.50. The highest BCUT2D eigenvalue weighted by Gasteiger charge is 2.18. The molecule has 0 saturated carbocycles. The molecular weight excluding hydrogens is 254 g/mol. The van der Waals surface area contributed by atoms with E-state index >= 15 is 0 Å². The van der Waals surface area contributed by atoms with Gasteiger partial charge in [0.2, 0.25) is 5.91 Å². The summed E-state index contributed by atoms with van der Waals surface area (Å²) >= 11 is 0. The second kappa shape index (κ2) is 6.41. The Labute approximate surface area is 119 Å². The fourth-order valence-corrected chi connectivity index (χ4v) is 2.25. The Kier molecular flexibility index (Phi) is 4.61. The van der Waals surface area contributed by atoms with E-state index in [1.807, 2.05) is 31.1 Å². The minimum atomic E-state index is -0.206. The van der Waals surface area contributed by atoms with Crippen LogP contribution >= 0.6 is 0 Å². The van der Waals surface area contributed by atoms with Crippen LogP contribution in [0.3, 0.4) is 0 Å². The standard InChI is InChI=1S/C15H21N3O2/c1-17(2)13-7-5-12(6-8-13)15(20)16-11-14(19)18-9-3-4-10-18/h5-8H,3-4,9-11H2,1-2H3,(H,16,20). The number of rotatable bonds is 4. The molecule has 2 rings (SSSR count). The molecule has 0 aliphatic carbocycles. The first kappa shape index (κ1) is 14.4. The van der Waals surface area contributed by atoms with Gasteiger partial charge in [0.1, 0.15) is 0 Å². The second-order valence-electron chi connectivity index (χ2n) is 5.21. The average Bonchev–Trinajstić information content (AvgIpc) is 2.98. The Morgan fingerprint density at radius 3 is 2.30 bits per heavy atom. The molecule has 0 bridgehead atoms. The molecule has 0 aromatic heterocycles. The minimum Gasteiger partial charge on any atom is -0.378 e. The van der Waals surface area contributed by atoms with Crippen molar-refractivity contribution < 1.29 is 9.59 Å². The molecule has 20 heavy (non-hydrogen) atoms. The lowest BCUT2D eigenvalue weighted by molar-refractivity contribution is -0.129. The molecule has 1 fully saturated rings. The summed E-state index contributed by atoms with van der Waals surface area (Å²) in [4.78, 5) is 27.6. The molecule has 1 aromatic rings. The van der Waals surface area contributed by atoms with Gasteiger partial charge in [-0.3, -0.25) is 9.59 Å². The van der Waals surface area contributed by atoms with Crippen molar-refractivity contribution in [2.45, 2.75) is 12.8 Å². The van der Waals surface area contributed by atoms with Gasteiger partial charge in [-0.15, -0.1) is 0 Å². The lowest BCUT2D eigenvalue weighted by Crippen LogP contribution is -2.38. The highest BCUT2D eigenvalue weighted by molar-refractivity contribution is 5.96. The molecule has 2 amide bonds. The highest BCUT2D eigenvalue weighted by atomic mass is 16.2. The summed E-state index contributed by atoms with van der Waals surface area (Å²) in [6, 6.07) is 7.31. The first-order valence-electron chi connectivity index (χ1n) is 6.91. The van der Waals surface area contributed by atoms with Gasteiger partial charge in [-0.1, -0.05) is 0 Å². The van der Waals surface area contributed by atoms with E-state index in [2.05, 4.69) is 5.32 Å². The smallest absolute Gasteiger partial charge is 0.251 e. The van der Waals surface area contributed by atoms with Crippen LogP contribution in [0.15, 0.2) is 24.3 Å². The quantitative estimate of drug-likeness (QED) is 0.895. The van der Waals surface area contributed by atoms with Gasteiger partial charge in [-0.05, 0) is 37.1 Å². The van der Waals surface area contributed by atoms with E-state index in [-0.39, 0.29) is 18.4 Å². The molecule has 5 nitrogen and oxygen atoms in total. The lowest BCUT2D eigenvalue weighted by atomic mass is 10.2. The average molecular weight is 275 g/mol. The molecule has 108 valence electrons. The van der Waals surface area contributed by atoms with Crippen molar-refractivity contribution in [1.29, 1.82) is 0 Å². The van der Waals surface area contributed by atoms with Crippen LogP contribution in [0.4, 0.5) is 5.69 Å². The van der Waals surface area contributed by atoms with Crippen LogP contribution in [-0.4, -0.2) is 50.4 Å². The molecule has 1 saturated heterocycles. The van der Waals surface area contributed by atoms with Gasteiger partial charge in [-0.2, -0.15) is 0 Å². The number of anilines is 1. The number of likely N-dealkylation sites (tertiary alicyclic amines) is 1. The summed E-state index contributed by atoms with van der Waals surface area (Å²) in [6.07, 6.45) is 2.12. The molecule has 0 radical (unpaired) electrons. The van der Waals surface area contributed by atoms with Crippen molar-refractivity contribution in [3.63, 3.8) is 0 Å². The Morgan fingerprint density at radius 1 is 1.15 bits per heavy atom. The zero-order chi connectivity index (χ0) is 14.5. The van der Waals surface area contributed by atoms with Gasteiger partial charge in [-0.25, -0.2) is 0 Å². The number of carbonyl (C=O) groups is 2. The van der Waals surface area contributed by atoms with Crippen LogP contribution in [0.1, 0.15) is 23.2 Å². The number of hydrogen-bond donors (Lipinski definition) is 1. The maximum Gasteiger partial charge on any atom is 0.251 e. The van der Waals surface area contributed by atoms with Crippen molar-refractivity contribution in [3.05, 3.63) is 29.8 Å². The Bertz CT molecular complexity index is 476. The molecule has 5 heteroatoms. The van der Waals surface area contributed by atoms with E-state index in [0.717, 1.165) is 31.6 Å². The van der Waals surface area contributed by atoms with Crippen molar-refractivity contribution in [1.82, 2.24) is 10.2 Å². The van der Waals surface area contributed by atoms with E-state index in [1.165, 1.54) is 0 Å². The second-order valence-corrected chi connectivity index (χ2v) is 5.21. The summed E-state index contributed by atoms with van der Waals surface area (Å²) in [6.45, 7) is 1.70. The molecular formula is C15H21N3O2. The monoisotopic (exact) mass is 275 g/mol. The van der Waals surface area contributed by atoms with E-state index in [0.29, 0.717) is 5.56 Å². The van der Waals surface area contributed by atoms with Crippen LogP contribution < -0.4 is 10.2 Å². The zero-order valence-corrected chi connectivity index (χ0v) is 12.1. The summed E-state index contributed by atoms with van der Waals surface area (Å²) in [5.41, 5.74) is 1.61. The van der Waals surface area contributed by atoms with Crippen molar-refractivity contribution in [3.8, 4) is 0 Å². The predicted octanol–water partition coefficient (Wildman–Crippen LogP) is 1.10. The van der Waals surface area contributed by atoms with Gasteiger partial charge in [0, 0.05) is 38.4 Å². The van der Waals surface area contributed by atoms with Crippen LogP contribution in [-0.2, 0) is 4.79 Å². The normalized spacial score (nSPS) is 14.2.